The molecule has 0 radical (unpaired) electrons. The summed E-state index contributed by atoms with van der Waals surface area (Å²) in [5.74, 6) is 0.698. The van der Waals surface area contributed by atoms with Crippen LogP contribution in [-0.4, -0.2) is 15.7 Å². The number of rotatable bonds is 9. The summed E-state index contributed by atoms with van der Waals surface area (Å²) < 4.78 is 2.56. The van der Waals surface area contributed by atoms with Crippen molar-refractivity contribution >= 4 is 42.9 Å². The van der Waals surface area contributed by atoms with Crippen LogP contribution in [0, 0.1) is 0 Å². The van der Waals surface area contributed by atoms with Crippen LogP contribution in [0.25, 0.3) is 93.2 Å². The van der Waals surface area contributed by atoms with Crippen molar-refractivity contribution in [3.8, 4) is 67.3 Å². The van der Waals surface area contributed by atoms with E-state index >= 15 is 0 Å². The first-order chi connectivity index (χ1) is 33.2. The van der Waals surface area contributed by atoms with Crippen LogP contribution in [0.3, 0.4) is 0 Å². The molecule has 0 amide bonds. The highest BCUT2D eigenvalue weighted by atomic mass is 32.1. The number of nitrogens with one attached hydrogen (secondary N) is 1. The fourth-order valence-corrected chi connectivity index (χ4v) is 10.3. The predicted molar refractivity (Wildman–Crippen MR) is 281 cm³/mol. The quantitative estimate of drug-likeness (QED) is 0.157. The molecule has 1 aliphatic heterocycles. The molecule has 11 aromatic rings. The smallest absolute Gasteiger partial charge is 0.160 e. The van der Waals surface area contributed by atoms with Gasteiger partial charge in [0.05, 0.1) is 17.1 Å². The number of nitrogens with zero attached hydrogens (tertiary/aromatic N) is 3. The molecule has 3 heterocycles. The van der Waals surface area contributed by atoms with E-state index in [0.717, 1.165) is 67.3 Å². The van der Waals surface area contributed by atoms with Crippen LogP contribution < -0.4 is 5.32 Å². The number of fused-ring (bicyclic) bond motifs is 3. The van der Waals surface area contributed by atoms with E-state index < -0.39 is 0 Å². The van der Waals surface area contributed by atoms with Crippen molar-refractivity contribution in [3.63, 3.8) is 0 Å². The van der Waals surface area contributed by atoms with Gasteiger partial charge >= 0.3 is 0 Å². The van der Waals surface area contributed by atoms with Gasteiger partial charge in [-0.25, -0.2) is 9.97 Å². The van der Waals surface area contributed by atoms with Crippen LogP contribution in [0.15, 0.2) is 248 Å². The zero-order valence-electron chi connectivity index (χ0n) is 36.4. The molecule has 1 unspecified atom stereocenters. The van der Waals surface area contributed by atoms with Crippen molar-refractivity contribution < 1.29 is 0 Å². The molecule has 4 nitrogen and oxygen atoms in total. The summed E-state index contributed by atoms with van der Waals surface area (Å²) in [7, 11) is 0. The fraction of sp³-hybridized carbons (Fsp3) is 0.0161. The lowest BCUT2D eigenvalue weighted by Crippen LogP contribution is -2.24. The van der Waals surface area contributed by atoms with Gasteiger partial charge < -0.3 is 5.32 Å². The molecule has 316 valence electrons. The van der Waals surface area contributed by atoms with Crippen molar-refractivity contribution in [1.82, 2.24) is 15.3 Å². The Morgan fingerprint density at radius 3 is 1.66 bits per heavy atom. The first-order valence-corrected chi connectivity index (χ1v) is 23.4. The van der Waals surface area contributed by atoms with E-state index in [0.29, 0.717) is 5.82 Å². The lowest BCUT2D eigenvalue weighted by molar-refractivity contribution is 0.664. The minimum Gasteiger partial charge on any atom is -0.360 e. The van der Waals surface area contributed by atoms with E-state index in [2.05, 4.69) is 212 Å². The van der Waals surface area contributed by atoms with E-state index in [1.807, 2.05) is 47.7 Å². The highest BCUT2D eigenvalue weighted by Gasteiger charge is 2.21. The molecular formula is C62H42N4S. The summed E-state index contributed by atoms with van der Waals surface area (Å²) >= 11 is 1.86. The zero-order valence-corrected chi connectivity index (χ0v) is 37.2. The summed E-state index contributed by atoms with van der Waals surface area (Å²) in [4.78, 5) is 15.4. The molecule has 0 saturated heterocycles. The van der Waals surface area contributed by atoms with Gasteiger partial charge in [0.2, 0.25) is 0 Å². The van der Waals surface area contributed by atoms with Crippen molar-refractivity contribution in [3.05, 3.63) is 259 Å². The van der Waals surface area contributed by atoms with Crippen molar-refractivity contribution in [2.45, 2.75) is 6.17 Å². The van der Waals surface area contributed by atoms with Gasteiger partial charge in [0.25, 0.3) is 0 Å². The summed E-state index contributed by atoms with van der Waals surface area (Å²) in [5, 5.41) is 6.27. The molecule has 9 aromatic carbocycles. The zero-order chi connectivity index (χ0) is 44.5. The van der Waals surface area contributed by atoms with Gasteiger partial charge in [-0.15, -0.1) is 11.3 Å². The van der Waals surface area contributed by atoms with E-state index in [9.17, 15) is 0 Å². The Morgan fingerprint density at radius 2 is 0.925 bits per heavy atom. The largest absolute Gasteiger partial charge is 0.360 e. The summed E-state index contributed by atoms with van der Waals surface area (Å²) in [6.07, 6.45) is 1.98. The van der Waals surface area contributed by atoms with Gasteiger partial charge in [0.15, 0.2) is 5.82 Å². The summed E-state index contributed by atoms with van der Waals surface area (Å²) in [6.45, 7) is 0. The number of allylic oxidation sites excluding steroid dienone is 1. The third-order valence-corrected chi connectivity index (χ3v) is 13.8. The normalized spacial score (nSPS) is 13.5. The first kappa shape index (κ1) is 40.0. The molecule has 0 bridgehead atoms. The van der Waals surface area contributed by atoms with Crippen LogP contribution in [0.5, 0.6) is 0 Å². The second-order valence-corrected chi connectivity index (χ2v) is 17.9. The number of aromatic nitrogens is 2. The van der Waals surface area contributed by atoms with Gasteiger partial charge in [0, 0.05) is 48.1 Å². The highest BCUT2D eigenvalue weighted by Crippen LogP contribution is 2.43. The Kier molecular flexibility index (Phi) is 10.4. The number of hydrogen-bond acceptors (Lipinski definition) is 5. The molecule has 1 aliphatic rings. The molecule has 0 fully saturated rings. The predicted octanol–water partition coefficient (Wildman–Crippen LogP) is 16.0. The second-order valence-electron chi connectivity index (χ2n) is 16.8. The third-order valence-electron chi connectivity index (χ3n) is 12.5. The van der Waals surface area contributed by atoms with Crippen molar-refractivity contribution in [1.29, 1.82) is 0 Å². The molecule has 12 rings (SSSR count). The maximum Gasteiger partial charge on any atom is 0.160 e. The molecule has 2 aromatic heterocycles. The molecule has 0 saturated carbocycles. The van der Waals surface area contributed by atoms with Crippen LogP contribution in [-0.2, 0) is 0 Å². The van der Waals surface area contributed by atoms with E-state index in [1.54, 1.807) is 0 Å². The highest BCUT2D eigenvalue weighted by molar-refractivity contribution is 7.26. The third kappa shape index (κ3) is 8.03. The molecule has 67 heavy (non-hydrogen) atoms. The lowest BCUT2D eigenvalue weighted by Gasteiger charge is -2.25. The van der Waals surface area contributed by atoms with Gasteiger partial charge in [0.1, 0.15) is 6.17 Å². The van der Waals surface area contributed by atoms with Crippen molar-refractivity contribution in [2.24, 2.45) is 4.99 Å². The van der Waals surface area contributed by atoms with Gasteiger partial charge in [-0.1, -0.05) is 206 Å². The Morgan fingerprint density at radius 1 is 0.373 bits per heavy atom. The molecule has 1 atom stereocenters. The Bertz CT molecular complexity index is 3620. The Labute approximate surface area is 394 Å². The molecular weight excluding hydrogens is 833 g/mol. The minimum absolute atomic E-state index is 0.198. The van der Waals surface area contributed by atoms with E-state index in [1.165, 1.54) is 42.4 Å². The minimum atomic E-state index is -0.198. The van der Waals surface area contributed by atoms with Crippen molar-refractivity contribution in [2.75, 3.05) is 0 Å². The monoisotopic (exact) mass is 874 g/mol. The topological polar surface area (TPSA) is 50.2 Å². The molecule has 0 aliphatic carbocycles. The van der Waals surface area contributed by atoms with Crippen LogP contribution >= 0.6 is 11.3 Å². The van der Waals surface area contributed by atoms with Gasteiger partial charge in [-0.05, 0) is 80.9 Å². The maximum atomic E-state index is 5.16. The second kappa shape index (κ2) is 17.5. The summed E-state index contributed by atoms with van der Waals surface area (Å²) in [5.41, 5.74) is 17.2. The maximum absolute atomic E-state index is 5.16. The first-order valence-electron chi connectivity index (χ1n) is 22.6. The number of thiophene rings is 1. The molecule has 1 N–H and O–H groups in total. The Balaban J connectivity index is 0.912. The van der Waals surface area contributed by atoms with Crippen LogP contribution in [0.1, 0.15) is 22.9 Å². The van der Waals surface area contributed by atoms with Crippen LogP contribution in [0.4, 0.5) is 0 Å². The van der Waals surface area contributed by atoms with E-state index in [-0.39, 0.29) is 6.17 Å². The van der Waals surface area contributed by atoms with Gasteiger partial charge in [-0.2, -0.15) is 0 Å². The fourth-order valence-electron chi connectivity index (χ4n) is 9.08. The average molecular weight is 875 g/mol. The molecule has 5 heteroatoms. The van der Waals surface area contributed by atoms with Crippen LogP contribution in [0.2, 0.25) is 0 Å². The number of hydrogen-bond donors (Lipinski definition) is 1. The van der Waals surface area contributed by atoms with E-state index in [4.69, 9.17) is 15.0 Å². The lowest BCUT2D eigenvalue weighted by atomic mass is 9.94. The summed E-state index contributed by atoms with van der Waals surface area (Å²) in [6, 6.07) is 83.7. The average Bonchev–Trinajstić information content (AvgIpc) is 3.80. The Hall–Kier alpha value is -8.51. The standard InChI is InChI=1S/C62H42N4S/c1-5-16-41(17-6-1)49-24-15-25-50(36-49)58-40-57(65-62(66-58)48-22-11-4-12-23-48)45-32-28-42(29-33-45)51-37-53(60-54(38-51)52-26-13-14-27-59(52)67-60)43-30-34-46(35-31-43)56-39-55(44-18-7-2-8-19-44)63-61(64-56)47-20-9-3-10-21-47/h1-40,61,64H. The molecule has 0 spiro atoms. The number of aliphatic imine (C=N–C) groups is 1. The van der Waals surface area contributed by atoms with Gasteiger partial charge in [-0.3, -0.25) is 4.99 Å². The SMILES string of the molecule is C1=C(c2ccc(-c3cc(-c4ccc(-c5cc(-c6cccc(-c7ccccc7)c6)nc(-c6ccccc6)n5)cc4)cc4c3sc3ccccc34)cc2)NC(c2ccccc2)N=C1c1ccccc1. The number of benzene rings is 9.